The van der Waals surface area contributed by atoms with Crippen LogP contribution in [-0.2, 0) is 5.75 Å². The highest BCUT2D eigenvalue weighted by Gasteiger charge is 2.38. The van der Waals surface area contributed by atoms with Crippen molar-refractivity contribution in [3.63, 3.8) is 0 Å². The Kier molecular flexibility index (Phi) is 4.31. The van der Waals surface area contributed by atoms with Crippen molar-refractivity contribution >= 4 is 44.3 Å². The van der Waals surface area contributed by atoms with Crippen LogP contribution in [0.2, 0.25) is 0 Å². The summed E-state index contributed by atoms with van der Waals surface area (Å²) in [6, 6.07) is 19.5. The van der Waals surface area contributed by atoms with Gasteiger partial charge in [-0.3, -0.25) is 14.2 Å². The first kappa shape index (κ1) is 16.3. The van der Waals surface area contributed by atoms with Gasteiger partial charge in [-0.15, -0.1) is 0 Å². The lowest BCUT2D eigenvalue weighted by Crippen LogP contribution is -2.48. The number of para-hydroxylation sites is 1. The first-order valence-corrected chi connectivity index (χ1v) is 10.3. The lowest BCUT2D eigenvalue weighted by molar-refractivity contribution is 0.0635. The smallest absolute Gasteiger partial charge is 0.272 e. The van der Waals surface area contributed by atoms with Gasteiger partial charge in [0.2, 0.25) is 0 Å². The number of carbonyl (C=O) groups is 2. The van der Waals surface area contributed by atoms with Crippen LogP contribution in [-0.4, -0.2) is 33.7 Å². The molecule has 4 nitrogen and oxygen atoms in total. The first-order chi connectivity index (χ1) is 12.2. The van der Waals surface area contributed by atoms with Crippen molar-refractivity contribution in [3.8, 4) is 0 Å². The predicted molar refractivity (Wildman–Crippen MR) is 104 cm³/mol. The zero-order valence-corrected chi connectivity index (χ0v) is 15.2. The second-order valence-electron chi connectivity index (χ2n) is 5.87. The number of rotatable bonds is 4. The monoisotopic (exact) mass is 368 g/mol. The molecule has 126 valence electrons. The summed E-state index contributed by atoms with van der Waals surface area (Å²) in [5.74, 6) is 0.605. The number of amides is 1. The molecule has 4 rings (SSSR count). The molecular weight excluding hydrogens is 352 g/mol. The van der Waals surface area contributed by atoms with Crippen LogP contribution in [0.4, 0.5) is 0 Å². The van der Waals surface area contributed by atoms with Crippen LogP contribution in [0.5, 0.6) is 0 Å². The molecular formula is C19H16N2O2S2. The average molecular weight is 368 g/mol. The van der Waals surface area contributed by atoms with Crippen molar-refractivity contribution in [2.75, 3.05) is 7.05 Å². The van der Waals surface area contributed by atoms with Crippen LogP contribution in [0.15, 0.2) is 60.7 Å². The minimum atomic E-state index is -0.524. The van der Waals surface area contributed by atoms with Crippen molar-refractivity contribution in [3.05, 3.63) is 71.9 Å². The van der Waals surface area contributed by atoms with Crippen LogP contribution in [0.25, 0.3) is 10.9 Å². The number of hydrogen-bond acceptors (Lipinski definition) is 4. The third-order valence-electron chi connectivity index (χ3n) is 4.26. The SMILES string of the molecule is CN1C(=O)c2cc3ccccc3n2C(=O)C1SSCc1ccccc1. The van der Waals surface area contributed by atoms with E-state index in [9.17, 15) is 9.59 Å². The number of nitrogens with zero attached hydrogens (tertiary/aromatic N) is 2. The molecule has 0 spiro atoms. The van der Waals surface area contributed by atoms with E-state index in [4.69, 9.17) is 0 Å². The van der Waals surface area contributed by atoms with Gasteiger partial charge in [0, 0.05) is 18.2 Å². The van der Waals surface area contributed by atoms with Gasteiger partial charge >= 0.3 is 0 Å². The molecule has 2 aromatic carbocycles. The Labute approximate surface area is 153 Å². The molecule has 3 aromatic rings. The normalized spacial score (nSPS) is 17.2. The Bertz CT molecular complexity index is 952. The Morgan fingerprint density at radius 2 is 1.72 bits per heavy atom. The fourth-order valence-electron chi connectivity index (χ4n) is 2.96. The minimum absolute atomic E-state index is 0.0659. The number of hydrogen-bond donors (Lipinski definition) is 0. The Morgan fingerprint density at radius 1 is 1.00 bits per heavy atom. The van der Waals surface area contributed by atoms with Crippen LogP contribution < -0.4 is 0 Å². The van der Waals surface area contributed by atoms with E-state index in [0.717, 1.165) is 16.7 Å². The number of fused-ring (bicyclic) bond motifs is 3. The molecule has 1 amide bonds. The molecule has 6 heteroatoms. The van der Waals surface area contributed by atoms with Crippen molar-refractivity contribution in [1.82, 2.24) is 9.47 Å². The second-order valence-corrected chi connectivity index (χ2v) is 8.32. The van der Waals surface area contributed by atoms with Gasteiger partial charge in [-0.25, -0.2) is 0 Å². The molecule has 0 saturated carbocycles. The van der Waals surface area contributed by atoms with Gasteiger partial charge in [0.15, 0.2) is 5.37 Å². The molecule has 0 bridgehead atoms. The molecule has 1 aliphatic rings. The van der Waals surface area contributed by atoms with Crippen LogP contribution >= 0.6 is 21.6 Å². The van der Waals surface area contributed by atoms with Crippen molar-refractivity contribution < 1.29 is 9.59 Å². The quantitative estimate of drug-likeness (QED) is 0.645. The van der Waals surface area contributed by atoms with E-state index in [1.165, 1.54) is 16.4 Å². The molecule has 0 saturated heterocycles. The summed E-state index contributed by atoms with van der Waals surface area (Å²) in [6.45, 7) is 0. The van der Waals surface area contributed by atoms with Crippen LogP contribution in [0.3, 0.4) is 0 Å². The van der Waals surface area contributed by atoms with E-state index < -0.39 is 5.37 Å². The van der Waals surface area contributed by atoms with Crippen LogP contribution in [0.1, 0.15) is 20.8 Å². The first-order valence-electron chi connectivity index (χ1n) is 7.91. The highest BCUT2D eigenvalue weighted by atomic mass is 33.1. The summed E-state index contributed by atoms with van der Waals surface area (Å²) in [5.41, 5.74) is 2.44. The molecule has 1 aromatic heterocycles. The van der Waals surface area contributed by atoms with Gasteiger partial charge in [-0.1, -0.05) is 70.1 Å². The van der Waals surface area contributed by atoms with Crippen molar-refractivity contribution in [1.29, 1.82) is 0 Å². The predicted octanol–water partition coefficient (Wildman–Crippen LogP) is 4.27. The number of aromatic nitrogens is 1. The number of likely N-dealkylation sites (N-methyl/N-ethyl adjacent to an activating group) is 1. The maximum atomic E-state index is 13.0. The molecule has 25 heavy (non-hydrogen) atoms. The summed E-state index contributed by atoms with van der Waals surface area (Å²) in [5, 5.41) is 0.389. The zero-order chi connectivity index (χ0) is 17.4. The molecule has 0 radical (unpaired) electrons. The fraction of sp³-hybridized carbons (Fsp3) is 0.158. The highest BCUT2D eigenvalue weighted by molar-refractivity contribution is 8.76. The van der Waals surface area contributed by atoms with Gasteiger partial charge in [0.05, 0.1) is 5.52 Å². The van der Waals surface area contributed by atoms with E-state index in [-0.39, 0.29) is 11.8 Å². The molecule has 1 unspecified atom stereocenters. The minimum Gasteiger partial charge on any atom is -0.319 e. The standard InChI is InChI=1S/C19H16N2O2S2/c1-20-17(22)16-11-14-9-5-6-10-15(14)21(16)18(23)19(20)25-24-12-13-7-3-2-4-8-13/h2-11,19H,12H2,1H3. The summed E-state index contributed by atoms with van der Waals surface area (Å²) >= 11 is 0. The third kappa shape index (κ3) is 2.85. The molecule has 1 aliphatic heterocycles. The summed E-state index contributed by atoms with van der Waals surface area (Å²) < 4.78 is 1.57. The van der Waals surface area contributed by atoms with Crippen LogP contribution in [0, 0.1) is 0 Å². The lowest BCUT2D eigenvalue weighted by atomic mass is 10.2. The Morgan fingerprint density at radius 3 is 2.52 bits per heavy atom. The summed E-state index contributed by atoms with van der Waals surface area (Å²) in [4.78, 5) is 27.3. The largest absolute Gasteiger partial charge is 0.319 e. The fourth-order valence-corrected chi connectivity index (χ4v) is 5.53. The van der Waals surface area contributed by atoms with Gasteiger partial charge in [0.25, 0.3) is 11.8 Å². The maximum Gasteiger partial charge on any atom is 0.272 e. The maximum absolute atomic E-state index is 13.0. The zero-order valence-electron chi connectivity index (χ0n) is 13.6. The van der Waals surface area contributed by atoms with E-state index >= 15 is 0 Å². The summed E-state index contributed by atoms with van der Waals surface area (Å²) in [7, 11) is 4.73. The number of carbonyl (C=O) groups excluding carboxylic acids is 2. The topological polar surface area (TPSA) is 42.3 Å². The highest BCUT2D eigenvalue weighted by Crippen LogP contribution is 2.36. The van der Waals surface area contributed by atoms with E-state index in [2.05, 4.69) is 12.1 Å². The lowest BCUT2D eigenvalue weighted by Gasteiger charge is -2.31. The number of benzene rings is 2. The third-order valence-corrected chi connectivity index (χ3v) is 6.86. The molecule has 0 aliphatic carbocycles. The average Bonchev–Trinajstić information content (AvgIpc) is 3.03. The van der Waals surface area contributed by atoms with Crippen molar-refractivity contribution in [2.24, 2.45) is 0 Å². The molecule has 1 atom stereocenters. The second kappa shape index (κ2) is 6.61. The van der Waals surface area contributed by atoms with Gasteiger partial charge in [0.1, 0.15) is 5.69 Å². The molecule has 0 fully saturated rings. The Balaban J connectivity index is 1.59. The van der Waals surface area contributed by atoms with E-state index in [1.54, 1.807) is 33.4 Å². The molecule has 0 N–H and O–H groups in total. The van der Waals surface area contributed by atoms with E-state index in [1.807, 2.05) is 42.5 Å². The molecule has 2 heterocycles. The van der Waals surface area contributed by atoms with Gasteiger partial charge in [-0.05, 0) is 17.7 Å². The van der Waals surface area contributed by atoms with Gasteiger partial charge < -0.3 is 4.90 Å². The van der Waals surface area contributed by atoms with E-state index in [0.29, 0.717) is 5.69 Å². The summed E-state index contributed by atoms with van der Waals surface area (Å²) in [6.07, 6.45) is 0. The van der Waals surface area contributed by atoms with Crippen molar-refractivity contribution in [2.45, 2.75) is 11.1 Å². The Hall–Kier alpha value is -2.18. The van der Waals surface area contributed by atoms with Gasteiger partial charge in [-0.2, -0.15) is 0 Å².